The molecule has 0 aromatic carbocycles. The lowest BCUT2D eigenvalue weighted by atomic mass is 10.3. The second-order valence-electron chi connectivity index (χ2n) is 4.84. The lowest BCUT2D eigenvalue weighted by Gasteiger charge is -2.09. The van der Waals surface area contributed by atoms with Gasteiger partial charge in [0, 0.05) is 30.8 Å². The third kappa shape index (κ3) is 4.08. The van der Waals surface area contributed by atoms with Crippen molar-refractivity contribution in [2.45, 2.75) is 33.7 Å². The molecule has 4 nitrogen and oxygen atoms in total. The number of nitrogens with zero attached hydrogens (tertiary/aromatic N) is 2. The molecule has 0 bridgehead atoms. The van der Waals surface area contributed by atoms with Gasteiger partial charge in [-0.15, -0.1) is 11.3 Å². The van der Waals surface area contributed by atoms with Crippen molar-refractivity contribution in [2.75, 3.05) is 25.1 Å². The summed E-state index contributed by atoms with van der Waals surface area (Å²) in [6, 6.07) is 2.17. The van der Waals surface area contributed by atoms with Crippen molar-refractivity contribution in [1.29, 1.82) is 0 Å². The van der Waals surface area contributed by atoms with Crippen LogP contribution in [0.2, 0.25) is 0 Å². The summed E-state index contributed by atoms with van der Waals surface area (Å²) in [6.45, 7) is 9.57. The molecule has 110 valence electrons. The second kappa shape index (κ2) is 7.45. The third-order valence-electron chi connectivity index (χ3n) is 3.13. The highest BCUT2D eigenvalue weighted by atomic mass is 32.1. The van der Waals surface area contributed by atoms with Gasteiger partial charge in [-0.3, -0.25) is 0 Å². The van der Waals surface area contributed by atoms with Crippen LogP contribution in [0.1, 0.15) is 29.5 Å². The topological polar surface area (TPSA) is 39.1 Å². The van der Waals surface area contributed by atoms with E-state index in [1.807, 2.05) is 13.8 Å². The van der Waals surface area contributed by atoms with Gasteiger partial charge in [-0.25, -0.2) is 4.98 Å². The number of aromatic nitrogens is 2. The molecule has 0 aliphatic heterocycles. The smallest absolute Gasteiger partial charge is 0.203 e. The number of ether oxygens (including phenoxy) is 1. The predicted molar refractivity (Wildman–Crippen MR) is 84.7 cm³/mol. The van der Waals surface area contributed by atoms with Crippen molar-refractivity contribution >= 4 is 17.3 Å². The van der Waals surface area contributed by atoms with Gasteiger partial charge in [0.05, 0.1) is 12.2 Å². The molecule has 20 heavy (non-hydrogen) atoms. The van der Waals surface area contributed by atoms with E-state index in [0.717, 1.165) is 44.4 Å². The highest BCUT2D eigenvalue weighted by molar-refractivity contribution is 7.10. The molecule has 2 rings (SSSR count). The van der Waals surface area contributed by atoms with Gasteiger partial charge in [-0.1, -0.05) is 0 Å². The standard InChI is InChI=1S/C15H23N3OS/c1-4-19-8-5-7-16-15-17-13(3)10-18(15)11-14-12(2)6-9-20-14/h6,9-10H,4-5,7-8,11H2,1-3H3,(H,16,17). The maximum atomic E-state index is 5.34. The molecule has 0 aliphatic carbocycles. The van der Waals surface area contributed by atoms with E-state index in [0.29, 0.717) is 0 Å². The van der Waals surface area contributed by atoms with Gasteiger partial charge < -0.3 is 14.6 Å². The third-order valence-corrected chi connectivity index (χ3v) is 4.14. The Balaban J connectivity index is 1.94. The van der Waals surface area contributed by atoms with Crippen LogP contribution < -0.4 is 5.32 Å². The van der Waals surface area contributed by atoms with Gasteiger partial charge in [-0.05, 0) is 44.2 Å². The van der Waals surface area contributed by atoms with Crippen LogP contribution in [0.3, 0.4) is 0 Å². The van der Waals surface area contributed by atoms with E-state index in [1.165, 1.54) is 10.4 Å². The van der Waals surface area contributed by atoms with Crippen LogP contribution in [0, 0.1) is 13.8 Å². The Kier molecular flexibility index (Phi) is 5.61. The van der Waals surface area contributed by atoms with Gasteiger partial charge >= 0.3 is 0 Å². The molecule has 0 saturated carbocycles. The van der Waals surface area contributed by atoms with Crippen LogP contribution in [-0.4, -0.2) is 29.3 Å². The van der Waals surface area contributed by atoms with Crippen molar-refractivity contribution < 1.29 is 4.74 Å². The monoisotopic (exact) mass is 293 g/mol. The SMILES string of the molecule is CCOCCCNc1nc(C)cn1Cc1sccc1C. The van der Waals surface area contributed by atoms with Crippen molar-refractivity contribution in [1.82, 2.24) is 9.55 Å². The molecule has 0 amide bonds. The zero-order valence-electron chi connectivity index (χ0n) is 12.5. The molecule has 1 N–H and O–H groups in total. The number of thiophene rings is 1. The van der Waals surface area contributed by atoms with Gasteiger partial charge in [-0.2, -0.15) is 0 Å². The first-order valence-corrected chi connectivity index (χ1v) is 7.97. The Bertz CT molecular complexity index is 533. The van der Waals surface area contributed by atoms with E-state index in [1.54, 1.807) is 11.3 Å². The fourth-order valence-corrected chi connectivity index (χ4v) is 2.95. The molecule has 2 aromatic rings. The largest absolute Gasteiger partial charge is 0.382 e. The first-order chi connectivity index (χ1) is 9.70. The van der Waals surface area contributed by atoms with E-state index < -0.39 is 0 Å². The first-order valence-electron chi connectivity index (χ1n) is 7.09. The zero-order valence-corrected chi connectivity index (χ0v) is 13.3. The van der Waals surface area contributed by atoms with Crippen molar-refractivity contribution in [3.05, 3.63) is 33.8 Å². The molecule has 0 unspecified atom stereocenters. The Morgan fingerprint density at radius 1 is 1.40 bits per heavy atom. The number of aryl methyl sites for hydroxylation is 2. The number of hydrogen-bond donors (Lipinski definition) is 1. The van der Waals surface area contributed by atoms with Crippen LogP contribution in [0.25, 0.3) is 0 Å². The Labute approximate surface area is 124 Å². The summed E-state index contributed by atoms with van der Waals surface area (Å²) in [6.07, 6.45) is 3.10. The minimum absolute atomic E-state index is 0.783. The molecule has 2 aromatic heterocycles. The maximum Gasteiger partial charge on any atom is 0.203 e. The minimum Gasteiger partial charge on any atom is -0.382 e. The normalized spacial score (nSPS) is 10.9. The van der Waals surface area contributed by atoms with E-state index in [2.05, 4.69) is 39.4 Å². The highest BCUT2D eigenvalue weighted by Gasteiger charge is 2.08. The van der Waals surface area contributed by atoms with Crippen molar-refractivity contribution in [3.63, 3.8) is 0 Å². The summed E-state index contributed by atoms with van der Waals surface area (Å²) in [5.74, 6) is 0.951. The maximum absolute atomic E-state index is 5.34. The molecule has 0 aliphatic rings. The van der Waals surface area contributed by atoms with E-state index in [9.17, 15) is 0 Å². The zero-order chi connectivity index (χ0) is 14.4. The van der Waals surface area contributed by atoms with Gasteiger partial charge in [0.25, 0.3) is 0 Å². The van der Waals surface area contributed by atoms with Gasteiger partial charge in [0.1, 0.15) is 0 Å². The molecule has 5 heteroatoms. The summed E-state index contributed by atoms with van der Waals surface area (Å²) >= 11 is 1.80. The quantitative estimate of drug-likeness (QED) is 0.758. The van der Waals surface area contributed by atoms with E-state index >= 15 is 0 Å². The average molecular weight is 293 g/mol. The number of imidazole rings is 1. The van der Waals surface area contributed by atoms with Crippen LogP contribution in [-0.2, 0) is 11.3 Å². The van der Waals surface area contributed by atoms with E-state index in [4.69, 9.17) is 4.74 Å². The lowest BCUT2D eigenvalue weighted by Crippen LogP contribution is -2.11. The van der Waals surface area contributed by atoms with Crippen molar-refractivity contribution in [2.24, 2.45) is 0 Å². The fraction of sp³-hybridized carbons (Fsp3) is 0.533. The van der Waals surface area contributed by atoms with Crippen LogP contribution in [0.15, 0.2) is 17.6 Å². The Morgan fingerprint density at radius 2 is 2.25 bits per heavy atom. The summed E-state index contributed by atoms with van der Waals surface area (Å²) in [4.78, 5) is 5.94. The molecular weight excluding hydrogens is 270 g/mol. The number of anilines is 1. The molecule has 0 saturated heterocycles. The predicted octanol–water partition coefficient (Wildman–Crippen LogP) is 3.45. The molecule has 0 atom stereocenters. The summed E-state index contributed by atoms with van der Waals surface area (Å²) in [5.41, 5.74) is 2.40. The Hall–Kier alpha value is -1.33. The molecule has 0 fully saturated rings. The average Bonchev–Trinajstić information content (AvgIpc) is 2.97. The van der Waals surface area contributed by atoms with E-state index in [-0.39, 0.29) is 0 Å². The number of hydrogen-bond acceptors (Lipinski definition) is 4. The van der Waals surface area contributed by atoms with Gasteiger partial charge in [0.15, 0.2) is 0 Å². The first kappa shape index (κ1) is 15.1. The fourth-order valence-electron chi connectivity index (χ4n) is 2.05. The Morgan fingerprint density at radius 3 is 2.95 bits per heavy atom. The van der Waals surface area contributed by atoms with Crippen LogP contribution >= 0.6 is 11.3 Å². The van der Waals surface area contributed by atoms with Crippen LogP contribution in [0.4, 0.5) is 5.95 Å². The molecule has 0 radical (unpaired) electrons. The minimum atomic E-state index is 0.783. The number of rotatable bonds is 8. The second-order valence-corrected chi connectivity index (χ2v) is 5.84. The summed E-state index contributed by atoms with van der Waals surface area (Å²) in [5, 5.41) is 5.54. The highest BCUT2D eigenvalue weighted by Crippen LogP contribution is 2.19. The summed E-state index contributed by atoms with van der Waals surface area (Å²) < 4.78 is 7.53. The molecule has 0 spiro atoms. The van der Waals surface area contributed by atoms with Crippen molar-refractivity contribution in [3.8, 4) is 0 Å². The number of nitrogens with one attached hydrogen (secondary N) is 1. The van der Waals surface area contributed by atoms with Crippen LogP contribution in [0.5, 0.6) is 0 Å². The summed E-state index contributed by atoms with van der Waals surface area (Å²) in [7, 11) is 0. The molecular formula is C15H23N3OS. The molecule has 2 heterocycles. The lowest BCUT2D eigenvalue weighted by molar-refractivity contribution is 0.147. The van der Waals surface area contributed by atoms with Gasteiger partial charge in [0.2, 0.25) is 5.95 Å².